The van der Waals surface area contributed by atoms with Crippen molar-refractivity contribution in [3.05, 3.63) is 29.2 Å². The van der Waals surface area contributed by atoms with Crippen molar-refractivity contribution in [2.45, 2.75) is 57.5 Å². The highest BCUT2D eigenvalue weighted by atomic mass is 19.1. The van der Waals surface area contributed by atoms with Gasteiger partial charge in [-0.3, -0.25) is 14.6 Å². The normalized spacial score (nSPS) is 21.1. The predicted octanol–water partition coefficient (Wildman–Crippen LogP) is 2.26. The van der Waals surface area contributed by atoms with Gasteiger partial charge in [-0.25, -0.2) is 9.18 Å². The lowest BCUT2D eigenvalue weighted by Gasteiger charge is -2.18. The number of amides is 2. The number of carbonyl (C=O) groups excluding carboxylic acids is 2. The number of methoxy groups -OCH3 is 1. The number of H-pyrrole nitrogens is 1. The third-order valence-electron chi connectivity index (χ3n) is 4.86. The van der Waals surface area contributed by atoms with E-state index in [0.29, 0.717) is 36.5 Å². The second kappa shape index (κ2) is 9.24. The van der Waals surface area contributed by atoms with Gasteiger partial charge in [-0.15, -0.1) is 0 Å². The number of nitrogens with zero attached hydrogens (tertiary/aromatic N) is 3. The van der Waals surface area contributed by atoms with Gasteiger partial charge < -0.3 is 20.1 Å². The number of halogens is 1. The second-order valence-corrected chi connectivity index (χ2v) is 7.61. The second-order valence-electron chi connectivity index (χ2n) is 7.61. The molecule has 0 saturated heterocycles. The minimum atomic E-state index is -1.36. The molecule has 10 nitrogen and oxygen atoms in total. The molecule has 2 aromatic rings. The maximum Gasteiger partial charge on any atom is 0.407 e. The average molecular weight is 422 g/mol. The first-order valence-corrected chi connectivity index (χ1v) is 9.78. The number of alkyl halides is 1. The zero-order valence-electron chi connectivity index (χ0n) is 17.4. The summed E-state index contributed by atoms with van der Waals surface area (Å²) < 4.78 is 26.5. The van der Waals surface area contributed by atoms with Crippen LogP contribution in [-0.2, 0) is 23.1 Å². The Bertz CT molecular complexity index is 895. The van der Waals surface area contributed by atoms with Gasteiger partial charge in [0.25, 0.3) is 5.91 Å². The van der Waals surface area contributed by atoms with E-state index >= 15 is 0 Å². The Balaban J connectivity index is 1.61. The van der Waals surface area contributed by atoms with Gasteiger partial charge >= 0.3 is 6.09 Å². The van der Waals surface area contributed by atoms with Crippen molar-refractivity contribution >= 4 is 17.8 Å². The van der Waals surface area contributed by atoms with Crippen molar-refractivity contribution in [2.24, 2.45) is 7.05 Å². The van der Waals surface area contributed by atoms with E-state index in [-0.39, 0.29) is 17.8 Å². The summed E-state index contributed by atoms with van der Waals surface area (Å²) in [6.07, 6.45) is -1.89. The van der Waals surface area contributed by atoms with Crippen LogP contribution < -0.4 is 10.6 Å². The van der Waals surface area contributed by atoms with Crippen molar-refractivity contribution in [3.8, 4) is 0 Å². The SMILES string of the molecule is COCc1cc(C(=O)Nc2cc([C@H]3CC[C@@H](OC(=O)NC(C)C)[C@@H]3F)[nH]n2)n(C)n1. The molecule has 164 valence electrons. The first kappa shape index (κ1) is 21.8. The van der Waals surface area contributed by atoms with E-state index in [1.165, 1.54) is 4.68 Å². The summed E-state index contributed by atoms with van der Waals surface area (Å²) in [5, 5.41) is 16.3. The summed E-state index contributed by atoms with van der Waals surface area (Å²) in [6.45, 7) is 3.90. The number of hydrogen-bond donors (Lipinski definition) is 3. The molecule has 1 fully saturated rings. The van der Waals surface area contributed by atoms with E-state index in [1.807, 2.05) is 0 Å². The lowest BCUT2D eigenvalue weighted by atomic mass is 10.0. The molecule has 1 aliphatic carbocycles. The minimum Gasteiger partial charge on any atom is -0.443 e. The van der Waals surface area contributed by atoms with E-state index in [1.54, 1.807) is 40.1 Å². The van der Waals surface area contributed by atoms with Crippen LogP contribution in [0.5, 0.6) is 0 Å². The third kappa shape index (κ3) is 4.96. The molecule has 0 unspecified atom stereocenters. The van der Waals surface area contributed by atoms with Crippen LogP contribution in [0.15, 0.2) is 12.1 Å². The summed E-state index contributed by atoms with van der Waals surface area (Å²) in [6, 6.07) is 3.14. The summed E-state index contributed by atoms with van der Waals surface area (Å²) in [7, 11) is 3.21. The summed E-state index contributed by atoms with van der Waals surface area (Å²) in [5.74, 6) is -0.608. The fourth-order valence-corrected chi connectivity index (χ4v) is 3.51. The molecule has 0 bridgehead atoms. The number of rotatable bonds is 7. The largest absolute Gasteiger partial charge is 0.443 e. The first-order chi connectivity index (χ1) is 14.3. The number of aromatic amines is 1. The Labute approximate surface area is 173 Å². The molecule has 30 heavy (non-hydrogen) atoms. The first-order valence-electron chi connectivity index (χ1n) is 9.78. The fourth-order valence-electron chi connectivity index (χ4n) is 3.51. The molecular formula is C19H27FN6O4. The van der Waals surface area contributed by atoms with E-state index < -0.39 is 24.3 Å². The zero-order valence-corrected chi connectivity index (χ0v) is 17.4. The molecule has 1 aliphatic rings. The Morgan fingerprint density at radius 3 is 2.83 bits per heavy atom. The van der Waals surface area contributed by atoms with Crippen molar-refractivity contribution in [2.75, 3.05) is 12.4 Å². The molecule has 0 aromatic carbocycles. The van der Waals surface area contributed by atoms with E-state index in [2.05, 4.69) is 25.9 Å². The molecule has 11 heteroatoms. The molecule has 2 aromatic heterocycles. The van der Waals surface area contributed by atoms with Crippen LogP contribution in [0.4, 0.5) is 15.0 Å². The van der Waals surface area contributed by atoms with Crippen molar-refractivity contribution in [3.63, 3.8) is 0 Å². The van der Waals surface area contributed by atoms with Crippen molar-refractivity contribution in [1.82, 2.24) is 25.3 Å². The van der Waals surface area contributed by atoms with Crippen molar-refractivity contribution < 1.29 is 23.5 Å². The molecule has 2 heterocycles. The van der Waals surface area contributed by atoms with Crippen molar-refractivity contribution in [1.29, 1.82) is 0 Å². The van der Waals surface area contributed by atoms with Gasteiger partial charge in [0.2, 0.25) is 0 Å². The van der Waals surface area contributed by atoms with E-state index in [0.717, 1.165) is 0 Å². The van der Waals surface area contributed by atoms with Gasteiger partial charge in [-0.1, -0.05) is 0 Å². The maximum absolute atomic E-state index is 14.8. The molecule has 3 N–H and O–H groups in total. The number of alkyl carbamates (subject to hydrolysis) is 1. The Hall–Kier alpha value is -2.95. The predicted molar refractivity (Wildman–Crippen MR) is 106 cm³/mol. The maximum atomic E-state index is 14.8. The van der Waals surface area contributed by atoms with E-state index in [9.17, 15) is 14.0 Å². The number of carbonyl (C=O) groups is 2. The Morgan fingerprint density at radius 1 is 1.37 bits per heavy atom. The van der Waals surface area contributed by atoms with Gasteiger partial charge in [0.05, 0.1) is 12.3 Å². The Kier molecular flexibility index (Phi) is 6.70. The van der Waals surface area contributed by atoms with E-state index in [4.69, 9.17) is 9.47 Å². The summed E-state index contributed by atoms with van der Waals surface area (Å²) in [4.78, 5) is 24.2. The number of aryl methyl sites for hydroxylation is 1. The number of nitrogens with one attached hydrogen (secondary N) is 3. The number of aromatic nitrogens is 4. The number of anilines is 1. The topological polar surface area (TPSA) is 123 Å². The lowest BCUT2D eigenvalue weighted by Crippen LogP contribution is -2.36. The molecule has 0 aliphatic heterocycles. The van der Waals surface area contributed by atoms with Gasteiger partial charge in [0.15, 0.2) is 5.82 Å². The number of ether oxygens (including phenoxy) is 2. The van der Waals surface area contributed by atoms with Crippen LogP contribution in [0.2, 0.25) is 0 Å². The van der Waals surface area contributed by atoms with Crippen LogP contribution in [0.25, 0.3) is 0 Å². The molecule has 3 rings (SSSR count). The van der Waals surface area contributed by atoms with Gasteiger partial charge in [0, 0.05) is 37.9 Å². The van der Waals surface area contributed by atoms with Crippen LogP contribution in [-0.4, -0.2) is 57.4 Å². The fraction of sp³-hybridized carbons (Fsp3) is 0.579. The van der Waals surface area contributed by atoms with Crippen LogP contribution in [0.1, 0.15) is 54.5 Å². The van der Waals surface area contributed by atoms with Crippen LogP contribution in [0, 0.1) is 0 Å². The quantitative estimate of drug-likeness (QED) is 0.629. The summed E-state index contributed by atoms with van der Waals surface area (Å²) >= 11 is 0. The monoisotopic (exact) mass is 422 g/mol. The zero-order chi connectivity index (χ0) is 21.8. The molecule has 3 atom stereocenters. The van der Waals surface area contributed by atoms with Gasteiger partial charge in [0.1, 0.15) is 18.0 Å². The number of hydrogen-bond acceptors (Lipinski definition) is 6. The molecule has 2 amide bonds. The van der Waals surface area contributed by atoms with Gasteiger partial charge in [-0.05, 0) is 32.8 Å². The standard InChI is InChI=1S/C19H27FN6O4/c1-10(2)21-19(28)30-15-6-5-12(17(15)20)13-8-16(24-23-13)22-18(27)14-7-11(9-29-4)25-26(14)3/h7-8,10,12,15,17H,5-6,9H2,1-4H3,(H,21,28)(H2,22,23,24,27)/t12-,15-,17-/m1/s1. The minimum absolute atomic E-state index is 0.0865. The highest BCUT2D eigenvalue weighted by molar-refractivity contribution is 6.02. The van der Waals surface area contributed by atoms with Crippen LogP contribution >= 0.6 is 0 Å². The third-order valence-corrected chi connectivity index (χ3v) is 4.86. The van der Waals surface area contributed by atoms with Gasteiger partial charge in [-0.2, -0.15) is 10.2 Å². The molecular weight excluding hydrogens is 395 g/mol. The summed E-state index contributed by atoms with van der Waals surface area (Å²) in [5.41, 5.74) is 1.52. The highest BCUT2D eigenvalue weighted by Crippen LogP contribution is 2.38. The lowest BCUT2D eigenvalue weighted by molar-refractivity contribution is 0.0555. The molecule has 0 radical (unpaired) electrons. The molecule has 0 spiro atoms. The average Bonchev–Trinajstić information content (AvgIpc) is 3.35. The highest BCUT2D eigenvalue weighted by Gasteiger charge is 2.41. The molecule has 1 saturated carbocycles. The smallest absolute Gasteiger partial charge is 0.407 e. The Morgan fingerprint density at radius 2 is 2.13 bits per heavy atom. The van der Waals surface area contributed by atoms with Crippen LogP contribution in [0.3, 0.4) is 0 Å².